The quantitative estimate of drug-likeness (QED) is 0.699. The average molecular weight is 216 g/mol. The fourth-order valence-corrected chi connectivity index (χ4v) is 2.35. The van der Waals surface area contributed by atoms with Gasteiger partial charge in [-0.05, 0) is 18.1 Å². The van der Waals surface area contributed by atoms with Crippen LogP contribution in [0.2, 0.25) is 0 Å². The number of nitrogens with zero attached hydrogens (tertiary/aromatic N) is 1. The maximum Gasteiger partial charge on any atom is 0.0308 e. The molecule has 0 saturated carbocycles. The summed E-state index contributed by atoms with van der Waals surface area (Å²) in [7, 11) is 0. The maximum atomic E-state index is 5.65. The minimum Gasteiger partial charge on any atom is -0.264 e. The number of pyridine rings is 1. The van der Waals surface area contributed by atoms with Crippen molar-refractivity contribution in [3.8, 4) is 0 Å². The Morgan fingerprint density at radius 2 is 2.46 bits per heavy atom. The van der Waals surface area contributed by atoms with Crippen molar-refractivity contribution in [2.75, 3.05) is 5.88 Å². The highest BCUT2D eigenvalue weighted by Crippen LogP contribution is 2.19. The molecular weight excluding hydrogens is 202 g/mol. The second-order valence-corrected chi connectivity index (χ2v) is 4.77. The zero-order chi connectivity index (χ0) is 9.52. The lowest BCUT2D eigenvalue weighted by molar-refractivity contribution is 0.911. The molecule has 3 heteroatoms. The van der Waals surface area contributed by atoms with Crippen LogP contribution in [0.3, 0.4) is 0 Å². The van der Waals surface area contributed by atoms with E-state index in [4.69, 9.17) is 11.6 Å². The van der Waals surface area contributed by atoms with Gasteiger partial charge in [0.1, 0.15) is 0 Å². The molecule has 0 fully saturated rings. The van der Waals surface area contributed by atoms with E-state index in [1.165, 1.54) is 5.56 Å². The Bertz CT molecular complexity index is 228. The van der Waals surface area contributed by atoms with E-state index in [1.54, 1.807) is 6.20 Å². The van der Waals surface area contributed by atoms with Crippen LogP contribution < -0.4 is 0 Å². The van der Waals surface area contributed by atoms with Crippen molar-refractivity contribution in [2.24, 2.45) is 0 Å². The fourth-order valence-electron chi connectivity index (χ4n) is 0.959. The topological polar surface area (TPSA) is 12.9 Å². The fraction of sp³-hybridized carbons (Fsp3) is 0.500. The monoisotopic (exact) mass is 215 g/mol. The second kappa shape index (κ2) is 6.28. The molecule has 1 nitrogen and oxygen atoms in total. The summed E-state index contributed by atoms with van der Waals surface area (Å²) in [6.07, 6.45) is 4.79. The molecule has 0 aliphatic heterocycles. The summed E-state index contributed by atoms with van der Waals surface area (Å²) in [5, 5.41) is 0.637. The molecule has 0 aliphatic rings. The molecule has 0 N–H and O–H groups in total. The van der Waals surface area contributed by atoms with E-state index in [2.05, 4.69) is 18.0 Å². The lowest BCUT2D eigenvalue weighted by Crippen LogP contribution is -1.97. The van der Waals surface area contributed by atoms with E-state index >= 15 is 0 Å². The number of alkyl halides is 1. The summed E-state index contributed by atoms with van der Waals surface area (Å²) in [6.45, 7) is 2.21. The van der Waals surface area contributed by atoms with Gasteiger partial charge >= 0.3 is 0 Å². The molecule has 0 bridgehead atoms. The third-order valence-electron chi connectivity index (χ3n) is 1.77. The van der Waals surface area contributed by atoms with E-state index in [9.17, 15) is 0 Å². The van der Waals surface area contributed by atoms with Gasteiger partial charge in [-0.3, -0.25) is 4.98 Å². The predicted octanol–water partition coefficient (Wildman–Crippen LogP) is 3.33. The van der Waals surface area contributed by atoms with Crippen molar-refractivity contribution in [3.63, 3.8) is 0 Å². The number of rotatable bonds is 5. The molecule has 0 spiro atoms. The molecule has 1 atom stereocenters. The third-order valence-corrected chi connectivity index (χ3v) is 3.30. The molecule has 0 aromatic carbocycles. The number of aromatic nitrogens is 1. The zero-order valence-electron chi connectivity index (χ0n) is 7.74. The lowest BCUT2D eigenvalue weighted by Gasteiger charge is -2.08. The Morgan fingerprint density at radius 1 is 1.62 bits per heavy atom. The third kappa shape index (κ3) is 4.53. The SMILES string of the molecule is CC(CCCl)SCc1cccnc1. The summed E-state index contributed by atoms with van der Waals surface area (Å²) < 4.78 is 0. The van der Waals surface area contributed by atoms with Gasteiger partial charge in [0.2, 0.25) is 0 Å². The first-order chi connectivity index (χ1) is 6.33. The number of thioether (sulfide) groups is 1. The molecule has 0 amide bonds. The standard InChI is InChI=1S/C10H14ClNS/c1-9(4-5-11)13-8-10-3-2-6-12-7-10/h2-3,6-7,9H,4-5,8H2,1H3. The van der Waals surface area contributed by atoms with Crippen LogP contribution in [0.4, 0.5) is 0 Å². The van der Waals surface area contributed by atoms with Crippen LogP contribution in [-0.4, -0.2) is 16.1 Å². The molecule has 1 heterocycles. The van der Waals surface area contributed by atoms with Crippen LogP contribution in [0.25, 0.3) is 0 Å². The van der Waals surface area contributed by atoms with Gasteiger partial charge in [0.05, 0.1) is 0 Å². The van der Waals surface area contributed by atoms with Gasteiger partial charge in [0.25, 0.3) is 0 Å². The van der Waals surface area contributed by atoms with E-state index in [0.29, 0.717) is 5.25 Å². The van der Waals surface area contributed by atoms with Crippen LogP contribution in [0.15, 0.2) is 24.5 Å². The van der Waals surface area contributed by atoms with Gasteiger partial charge in [-0.25, -0.2) is 0 Å². The summed E-state index contributed by atoms with van der Waals surface area (Å²) >= 11 is 7.58. The van der Waals surface area contributed by atoms with Crippen molar-refractivity contribution in [1.29, 1.82) is 0 Å². The van der Waals surface area contributed by atoms with E-state index < -0.39 is 0 Å². The Kier molecular flexibility index (Phi) is 5.25. The smallest absolute Gasteiger partial charge is 0.0308 e. The van der Waals surface area contributed by atoms with Crippen molar-refractivity contribution >= 4 is 23.4 Å². The molecule has 0 radical (unpaired) electrons. The zero-order valence-corrected chi connectivity index (χ0v) is 9.31. The Hall–Kier alpha value is -0.210. The predicted molar refractivity (Wildman–Crippen MR) is 60.3 cm³/mol. The highest BCUT2D eigenvalue weighted by molar-refractivity contribution is 7.99. The van der Waals surface area contributed by atoms with Crippen molar-refractivity contribution in [2.45, 2.75) is 24.3 Å². The van der Waals surface area contributed by atoms with Crippen LogP contribution >= 0.6 is 23.4 Å². The first-order valence-corrected chi connectivity index (χ1v) is 5.97. The molecular formula is C10H14ClNS. The van der Waals surface area contributed by atoms with Gasteiger partial charge in [0.15, 0.2) is 0 Å². The Balaban J connectivity index is 2.27. The van der Waals surface area contributed by atoms with Crippen LogP contribution in [-0.2, 0) is 5.75 Å². The van der Waals surface area contributed by atoms with Crippen LogP contribution in [0, 0.1) is 0 Å². The van der Waals surface area contributed by atoms with Crippen molar-refractivity contribution in [1.82, 2.24) is 4.98 Å². The van der Waals surface area contributed by atoms with E-state index in [0.717, 1.165) is 18.1 Å². The number of hydrogen-bond acceptors (Lipinski definition) is 2. The first kappa shape index (κ1) is 10.9. The van der Waals surface area contributed by atoms with Crippen LogP contribution in [0.5, 0.6) is 0 Å². The molecule has 13 heavy (non-hydrogen) atoms. The van der Waals surface area contributed by atoms with Crippen molar-refractivity contribution < 1.29 is 0 Å². The van der Waals surface area contributed by atoms with Crippen LogP contribution in [0.1, 0.15) is 18.9 Å². The molecule has 0 aliphatic carbocycles. The summed E-state index contributed by atoms with van der Waals surface area (Å²) in [5.74, 6) is 1.78. The summed E-state index contributed by atoms with van der Waals surface area (Å²) in [4.78, 5) is 4.07. The normalized spacial score (nSPS) is 12.8. The molecule has 1 rings (SSSR count). The van der Waals surface area contributed by atoms with Gasteiger partial charge < -0.3 is 0 Å². The Labute approximate surface area is 88.9 Å². The number of halogens is 1. The van der Waals surface area contributed by atoms with E-state index in [-0.39, 0.29) is 0 Å². The maximum absolute atomic E-state index is 5.65. The minimum absolute atomic E-state index is 0.637. The molecule has 1 aromatic heterocycles. The molecule has 0 saturated heterocycles. The lowest BCUT2D eigenvalue weighted by atomic mass is 10.3. The average Bonchev–Trinajstić information content (AvgIpc) is 2.17. The minimum atomic E-state index is 0.637. The van der Waals surface area contributed by atoms with Gasteiger partial charge in [-0.2, -0.15) is 11.8 Å². The summed E-state index contributed by atoms with van der Waals surface area (Å²) in [6, 6.07) is 4.08. The Morgan fingerprint density at radius 3 is 3.08 bits per heavy atom. The summed E-state index contributed by atoms with van der Waals surface area (Å²) in [5.41, 5.74) is 1.29. The highest BCUT2D eigenvalue weighted by Gasteiger charge is 2.01. The second-order valence-electron chi connectivity index (χ2n) is 2.96. The first-order valence-electron chi connectivity index (χ1n) is 4.39. The largest absolute Gasteiger partial charge is 0.264 e. The highest BCUT2D eigenvalue weighted by atomic mass is 35.5. The van der Waals surface area contributed by atoms with Gasteiger partial charge in [0, 0.05) is 29.3 Å². The van der Waals surface area contributed by atoms with E-state index in [1.807, 2.05) is 24.0 Å². The molecule has 72 valence electrons. The van der Waals surface area contributed by atoms with Gasteiger partial charge in [-0.1, -0.05) is 13.0 Å². The number of hydrogen-bond donors (Lipinski definition) is 0. The molecule has 1 aromatic rings. The molecule has 1 unspecified atom stereocenters. The van der Waals surface area contributed by atoms with Crippen molar-refractivity contribution in [3.05, 3.63) is 30.1 Å². The van der Waals surface area contributed by atoms with Gasteiger partial charge in [-0.15, -0.1) is 11.6 Å².